The molecule has 0 saturated heterocycles. The minimum atomic E-state index is -1.08. The monoisotopic (exact) mass is 391 g/mol. The van der Waals surface area contributed by atoms with Gasteiger partial charge in [-0.2, -0.15) is 0 Å². The summed E-state index contributed by atoms with van der Waals surface area (Å²) in [5.74, 6) is 0. The summed E-state index contributed by atoms with van der Waals surface area (Å²) >= 11 is 3.62. The van der Waals surface area contributed by atoms with E-state index in [-0.39, 0.29) is 17.1 Å². The summed E-state index contributed by atoms with van der Waals surface area (Å²) in [6, 6.07) is 0. The third-order valence-corrected chi connectivity index (χ3v) is 1.39. The first-order valence-corrected chi connectivity index (χ1v) is 15.4. The van der Waals surface area contributed by atoms with E-state index >= 15 is 0 Å². The Morgan fingerprint density at radius 1 is 1.42 bits per heavy atom. The van der Waals surface area contributed by atoms with Crippen molar-refractivity contribution in [2.45, 2.75) is 19.6 Å². The molecule has 0 aromatic rings. The summed E-state index contributed by atoms with van der Waals surface area (Å²) in [4.78, 5) is 0. The molecule has 12 heavy (non-hydrogen) atoms. The normalized spacial score (nSPS) is 6.67. The number of hydrogen-bond acceptors (Lipinski definition) is 1. The Morgan fingerprint density at radius 3 is 1.67 bits per heavy atom. The average molecular weight is 393 g/mol. The van der Waals surface area contributed by atoms with Crippen molar-refractivity contribution in [3.05, 3.63) is 24.6 Å². The quantitative estimate of drug-likeness (QED) is 0.291. The summed E-state index contributed by atoms with van der Waals surface area (Å²) in [7, 11) is -1.08. The molecule has 0 heterocycles. The Bertz CT molecular complexity index is 138. The van der Waals surface area contributed by atoms with Crippen LogP contribution in [0.4, 0.5) is 0 Å². The standard InChI is InChI=1S/C6H11Si.CN.Cu.HI.Zn/c1-5-6-7(2,3)4;1-2;;;/h1H2,2-4H3;;;1H;/q2*-1;+1;;+2/p-1. The van der Waals surface area contributed by atoms with Gasteiger partial charge in [-0.15, -0.1) is 0 Å². The molecule has 0 unspecified atom stereocenters. The van der Waals surface area contributed by atoms with E-state index < -0.39 is 8.07 Å². The Balaban J connectivity index is -0.0000000560. The zero-order valence-electron chi connectivity index (χ0n) is 7.54. The first-order valence-electron chi connectivity index (χ1n) is 2.84. The van der Waals surface area contributed by atoms with Gasteiger partial charge >= 0.3 is 51.6 Å². The molecule has 0 bridgehead atoms. The van der Waals surface area contributed by atoms with Crippen molar-refractivity contribution in [2.75, 3.05) is 0 Å². The second-order valence-corrected chi connectivity index (χ2v) is 7.30. The number of hydrogen-bond donors (Lipinski definition) is 0. The molecule has 0 aliphatic carbocycles. The maximum atomic E-state index is 6.25. The van der Waals surface area contributed by atoms with Gasteiger partial charge in [-0.1, -0.05) is 19.6 Å². The van der Waals surface area contributed by atoms with Crippen LogP contribution in [0.15, 0.2) is 12.3 Å². The molecule has 0 aromatic carbocycles. The van der Waals surface area contributed by atoms with Crippen molar-refractivity contribution in [2.24, 2.45) is 0 Å². The number of halogens is 1. The first-order chi connectivity index (χ1) is 5.06. The van der Waals surface area contributed by atoms with E-state index in [2.05, 4.69) is 57.4 Å². The zero-order chi connectivity index (χ0) is 9.91. The van der Waals surface area contributed by atoms with Crippen LogP contribution < -0.4 is 0 Å². The summed E-state index contributed by atoms with van der Waals surface area (Å²) in [5.41, 5.74) is 5.73. The Kier molecular flexibility index (Phi) is 34.7. The van der Waals surface area contributed by atoms with Crippen LogP contribution in [0.5, 0.6) is 0 Å². The second-order valence-electron chi connectivity index (χ2n) is 2.55. The van der Waals surface area contributed by atoms with Crippen molar-refractivity contribution >= 4 is 27.8 Å². The van der Waals surface area contributed by atoms with Gasteiger partial charge in [-0.05, 0) is 8.07 Å². The van der Waals surface area contributed by atoms with Crippen molar-refractivity contribution in [1.29, 1.82) is 5.26 Å². The minimum absolute atomic E-state index is 0. The summed E-state index contributed by atoms with van der Waals surface area (Å²) < 4.78 is 0. The molecule has 0 spiro atoms. The fraction of sp³-hybridized carbons (Fsp3) is 0.429. The molecule has 0 fully saturated rings. The molecular weight excluding hydrogens is 382 g/mol. The van der Waals surface area contributed by atoms with Crippen LogP contribution in [-0.4, -0.2) is 8.07 Å². The molecule has 0 rings (SSSR count). The Hall–Kier alpha value is 1.10. The van der Waals surface area contributed by atoms with Gasteiger partial charge in [0.05, 0.1) is 0 Å². The van der Waals surface area contributed by atoms with E-state index in [1.807, 2.05) is 0 Å². The molecule has 68 valence electrons. The Morgan fingerprint density at radius 2 is 1.67 bits per heavy atom. The first kappa shape index (κ1) is 23.2. The third-order valence-electron chi connectivity index (χ3n) is 0.463. The van der Waals surface area contributed by atoms with E-state index in [1.165, 1.54) is 14.8 Å². The van der Waals surface area contributed by atoms with Gasteiger partial charge in [0.2, 0.25) is 0 Å². The van der Waals surface area contributed by atoms with Crippen molar-refractivity contribution < 1.29 is 31.9 Å². The van der Waals surface area contributed by atoms with E-state index in [0.717, 1.165) is 0 Å². The fourth-order valence-electron chi connectivity index (χ4n) is 0.265. The second kappa shape index (κ2) is 18.0. The van der Waals surface area contributed by atoms with Gasteiger partial charge in [0.25, 0.3) is 0 Å². The zero-order valence-corrected chi connectivity index (χ0v) is 14.6. The fourth-order valence-corrected chi connectivity index (χ4v) is 0.795. The van der Waals surface area contributed by atoms with E-state index in [9.17, 15) is 0 Å². The van der Waals surface area contributed by atoms with Gasteiger partial charge in [0.1, 0.15) is 0 Å². The number of nitrogens with zero attached hydrogens (tertiary/aromatic N) is 1. The summed E-state index contributed by atoms with van der Waals surface area (Å²) in [5, 5.41) is 6.25. The van der Waals surface area contributed by atoms with Gasteiger partial charge < -0.3 is 17.6 Å². The van der Waals surface area contributed by atoms with Gasteiger partial charge in [0.15, 0.2) is 0 Å². The van der Waals surface area contributed by atoms with Crippen LogP contribution in [-0.2, 0) is 31.9 Å². The van der Waals surface area contributed by atoms with E-state index in [1.54, 1.807) is 0 Å². The average Bonchev–Trinajstić information content (AvgIpc) is 1.94. The van der Waals surface area contributed by atoms with Crippen LogP contribution in [0.2, 0.25) is 19.6 Å². The van der Waals surface area contributed by atoms with Gasteiger partial charge in [0, 0.05) is 0 Å². The molecule has 0 N–H and O–H groups in total. The van der Waals surface area contributed by atoms with E-state index in [0.29, 0.717) is 0 Å². The predicted molar refractivity (Wildman–Crippen MR) is 54.7 cm³/mol. The van der Waals surface area contributed by atoms with Crippen LogP contribution in [0.1, 0.15) is 0 Å². The molecule has 0 atom stereocenters. The maximum absolute atomic E-state index is 6.25. The Labute approximate surface area is 108 Å². The van der Waals surface area contributed by atoms with E-state index in [4.69, 9.17) is 11.8 Å². The topological polar surface area (TPSA) is 23.8 Å². The SMILES string of the molecule is C=C=[C-][Si](C)(C)C.[C-]#N.[Cu+].[Zn+][I]. The summed E-state index contributed by atoms with van der Waals surface area (Å²) in [6.07, 6.45) is 0. The molecule has 0 aliphatic rings. The van der Waals surface area contributed by atoms with Crippen LogP contribution in [0.25, 0.3) is 0 Å². The molecule has 0 aliphatic heterocycles. The molecular formula is C7H11CuINSiZn. The molecule has 5 heteroatoms. The van der Waals surface area contributed by atoms with Crippen molar-refractivity contribution in [1.82, 2.24) is 0 Å². The van der Waals surface area contributed by atoms with Crippen molar-refractivity contribution in [3.63, 3.8) is 0 Å². The van der Waals surface area contributed by atoms with Crippen LogP contribution in [0.3, 0.4) is 0 Å². The molecule has 0 amide bonds. The molecule has 0 radical (unpaired) electrons. The van der Waals surface area contributed by atoms with Crippen LogP contribution in [0, 0.1) is 17.5 Å². The molecule has 0 aromatic heterocycles. The third kappa shape index (κ3) is 43.5. The molecule has 0 saturated carbocycles. The van der Waals surface area contributed by atoms with Gasteiger partial charge in [-0.25, -0.2) is 12.3 Å². The van der Waals surface area contributed by atoms with Crippen molar-refractivity contribution in [3.8, 4) is 0 Å². The predicted octanol–water partition coefficient (Wildman–Crippen LogP) is 2.99. The molecule has 1 nitrogen and oxygen atoms in total. The number of rotatable bonds is 1. The van der Waals surface area contributed by atoms with Crippen LogP contribution >= 0.6 is 19.8 Å². The van der Waals surface area contributed by atoms with Gasteiger partial charge in [-0.3, -0.25) is 0 Å². The summed E-state index contributed by atoms with van der Waals surface area (Å²) in [6.45, 7) is 14.8.